The number of benzene rings is 1. The van der Waals surface area contributed by atoms with Crippen LogP contribution >= 0.6 is 0 Å². The van der Waals surface area contributed by atoms with Gasteiger partial charge in [0.25, 0.3) is 6.43 Å². The Morgan fingerprint density at radius 3 is 2.12 bits per heavy atom. The summed E-state index contributed by atoms with van der Waals surface area (Å²) in [5.41, 5.74) is -0.0164. The van der Waals surface area contributed by atoms with Crippen LogP contribution < -0.4 is 4.43 Å². The minimum absolute atomic E-state index is 0.00222. The van der Waals surface area contributed by atoms with Crippen LogP contribution in [0.1, 0.15) is 32.8 Å². The highest BCUT2D eigenvalue weighted by Crippen LogP contribution is 2.39. The summed E-state index contributed by atoms with van der Waals surface area (Å²) >= 11 is 0. The summed E-state index contributed by atoms with van der Waals surface area (Å²) in [6, 6.07) is 6.39. The first kappa shape index (κ1) is 14.2. The molecule has 0 saturated heterocycles. The molecule has 4 heteroatoms. The maximum atomic E-state index is 12.8. The zero-order chi connectivity index (χ0) is 13.3. The molecule has 0 aliphatic rings. The van der Waals surface area contributed by atoms with Crippen molar-refractivity contribution in [3.8, 4) is 5.75 Å². The molecule has 0 bridgehead atoms. The van der Waals surface area contributed by atoms with Crippen molar-refractivity contribution in [2.75, 3.05) is 0 Å². The number of para-hydroxylation sites is 1. The molecule has 0 aromatic heterocycles. The van der Waals surface area contributed by atoms with Crippen LogP contribution in [-0.4, -0.2) is 8.32 Å². The van der Waals surface area contributed by atoms with Crippen LogP contribution in [-0.2, 0) is 0 Å². The van der Waals surface area contributed by atoms with Crippen LogP contribution in [0.3, 0.4) is 0 Å². The zero-order valence-corrected chi connectivity index (χ0v) is 12.1. The number of halogens is 2. The lowest BCUT2D eigenvalue weighted by Gasteiger charge is -2.37. The van der Waals surface area contributed by atoms with E-state index in [2.05, 4.69) is 33.9 Å². The maximum absolute atomic E-state index is 12.8. The molecule has 1 aromatic rings. The van der Waals surface area contributed by atoms with Gasteiger partial charge in [0.2, 0.25) is 8.32 Å². The second kappa shape index (κ2) is 4.76. The second-order valence-electron chi connectivity index (χ2n) is 5.70. The fourth-order valence-electron chi connectivity index (χ4n) is 1.18. The summed E-state index contributed by atoms with van der Waals surface area (Å²) in [4.78, 5) is 0. The third-order valence-electron chi connectivity index (χ3n) is 3.33. The zero-order valence-electron chi connectivity index (χ0n) is 11.1. The molecular weight excluding hydrogens is 238 g/mol. The molecule has 96 valence electrons. The SMILES string of the molecule is CC(C)(C)[Si](C)(C)Oc1ccccc1C(F)F. The van der Waals surface area contributed by atoms with Crippen molar-refractivity contribution in [2.45, 2.75) is 45.3 Å². The molecule has 1 nitrogen and oxygen atoms in total. The van der Waals surface area contributed by atoms with Crippen molar-refractivity contribution in [1.29, 1.82) is 0 Å². The third kappa shape index (κ3) is 3.28. The lowest BCUT2D eigenvalue weighted by atomic mass is 10.2. The first-order chi connectivity index (χ1) is 7.65. The maximum Gasteiger partial charge on any atom is 0.267 e. The smallest absolute Gasteiger partial charge is 0.267 e. The molecule has 0 amide bonds. The first-order valence-electron chi connectivity index (χ1n) is 5.71. The molecule has 0 N–H and O–H groups in total. The Morgan fingerprint density at radius 2 is 1.65 bits per heavy atom. The Bertz CT molecular complexity index is 383. The van der Waals surface area contributed by atoms with E-state index in [1.54, 1.807) is 18.2 Å². The normalized spacial score (nSPS) is 12.9. The van der Waals surface area contributed by atoms with Gasteiger partial charge in [0.1, 0.15) is 5.75 Å². The van der Waals surface area contributed by atoms with E-state index < -0.39 is 14.7 Å². The van der Waals surface area contributed by atoms with Gasteiger partial charge in [-0.3, -0.25) is 0 Å². The summed E-state index contributed by atoms with van der Waals surface area (Å²) in [6.45, 7) is 10.4. The van der Waals surface area contributed by atoms with E-state index in [1.807, 2.05) is 0 Å². The van der Waals surface area contributed by atoms with Crippen molar-refractivity contribution in [1.82, 2.24) is 0 Å². The molecular formula is C13H20F2OSi. The largest absolute Gasteiger partial charge is 0.543 e. The van der Waals surface area contributed by atoms with Gasteiger partial charge in [-0.05, 0) is 30.3 Å². The summed E-state index contributed by atoms with van der Waals surface area (Å²) in [6.07, 6.45) is -2.49. The lowest BCUT2D eigenvalue weighted by molar-refractivity contribution is 0.148. The molecule has 1 rings (SSSR count). The first-order valence-corrected chi connectivity index (χ1v) is 8.62. The minimum atomic E-state index is -2.49. The van der Waals surface area contributed by atoms with E-state index in [-0.39, 0.29) is 10.6 Å². The van der Waals surface area contributed by atoms with Crippen LogP contribution in [0.5, 0.6) is 5.75 Å². The van der Waals surface area contributed by atoms with E-state index in [4.69, 9.17) is 4.43 Å². The predicted molar refractivity (Wildman–Crippen MR) is 69.2 cm³/mol. The Morgan fingerprint density at radius 1 is 1.12 bits per heavy atom. The Hall–Kier alpha value is -0.903. The van der Waals surface area contributed by atoms with Gasteiger partial charge in [0.15, 0.2) is 0 Å². The summed E-state index contributed by atoms with van der Waals surface area (Å²) in [7, 11) is -2.06. The standard InChI is InChI=1S/C13H20F2OSi/c1-13(2,3)17(4,5)16-11-9-7-6-8-10(11)12(14)15/h6-9,12H,1-5H3. The highest BCUT2D eigenvalue weighted by atomic mass is 28.4. The summed E-state index contributed by atoms with van der Waals surface area (Å²) in [5.74, 6) is 0.328. The minimum Gasteiger partial charge on any atom is -0.543 e. The monoisotopic (exact) mass is 258 g/mol. The molecule has 0 fully saturated rings. The van der Waals surface area contributed by atoms with Gasteiger partial charge in [-0.2, -0.15) is 0 Å². The highest BCUT2D eigenvalue weighted by Gasteiger charge is 2.39. The Balaban J connectivity index is 3.04. The van der Waals surface area contributed by atoms with E-state index in [1.165, 1.54) is 6.07 Å². The molecule has 0 radical (unpaired) electrons. The van der Waals surface area contributed by atoms with Crippen molar-refractivity contribution in [3.63, 3.8) is 0 Å². The molecule has 17 heavy (non-hydrogen) atoms. The lowest BCUT2D eigenvalue weighted by Crippen LogP contribution is -2.44. The number of rotatable bonds is 3. The number of hydrogen-bond acceptors (Lipinski definition) is 1. The molecule has 0 unspecified atom stereocenters. The summed E-state index contributed by atoms with van der Waals surface area (Å²) < 4.78 is 31.6. The van der Waals surface area contributed by atoms with Gasteiger partial charge in [-0.1, -0.05) is 32.9 Å². The Kier molecular flexibility index (Phi) is 3.97. The van der Waals surface area contributed by atoms with Crippen LogP contribution in [0.15, 0.2) is 24.3 Å². The van der Waals surface area contributed by atoms with Crippen molar-refractivity contribution >= 4 is 8.32 Å². The van der Waals surface area contributed by atoms with Crippen molar-refractivity contribution < 1.29 is 13.2 Å². The fraction of sp³-hybridized carbons (Fsp3) is 0.538. The van der Waals surface area contributed by atoms with Gasteiger partial charge in [-0.25, -0.2) is 8.78 Å². The highest BCUT2D eigenvalue weighted by molar-refractivity contribution is 6.74. The van der Waals surface area contributed by atoms with Crippen molar-refractivity contribution in [3.05, 3.63) is 29.8 Å². The van der Waals surface area contributed by atoms with E-state index in [0.29, 0.717) is 5.75 Å². The van der Waals surface area contributed by atoms with E-state index in [9.17, 15) is 8.78 Å². The van der Waals surface area contributed by atoms with Gasteiger partial charge in [0.05, 0.1) is 5.56 Å². The van der Waals surface area contributed by atoms with Gasteiger partial charge < -0.3 is 4.43 Å². The molecule has 0 heterocycles. The fourth-order valence-corrected chi connectivity index (χ4v) is 2.22. The molecule has 0 spiro atoms. The van der Waals surface area contributed by atoms with E-state index >= 15 is 0 Å². The molecule has 1 aromatic carbocycles. The van der Waals surface area contributed by atoms with Gasteiger partial charge >= 0.3 is 0 Å². The van der Waals surface area contributed by atoms with E-state index in [0.717, 1.165) is 0 Å². The topological polar surface area (TPSA) is 9.23 Å². The van der Waals surface area contributed by atoms with Crippen LogP contribution in [0.4, 0.5) is 8.78 Å². The van der Waals surface area contributed by atoms with Crippen LogP contribution in [0, 0.1) is 0 Å². The van der Waals surface area contributed by atoms with Crippen LogP contribution in [0.25, 0.3) is 0 Å². The van der Waals surface area contributed by atoms with Crippen LogP contribution in [0.2, 0.25) is 18.1 Å². The average Bonchev–Trinajstić information content (AvgIpc) is 2.15. The van der Waals surface area contributed by atoms with Gasteiger partial charge in [0, 0.05) is 0 Å². The Labute approximate surface area is 103 Å². The molecule has 0 saturated carbocycles. The summed E-state index contributed by atoms with van der Waals surface area (Å²) in [5, 5.41) is 0.00222. The molecule has 0 aliphatic heterocycles. The average molecular weight is 258 g/mol. The second-order valence-corrected chi connectivity index (χ2v) is 10.4. The quantitative estimate of drug-likeness (QED) is 0.693. The van der Waals surface area contributed by atoms with Crippen molar-refractivity contribution in [2.24, 2.45) is 0 Å². The molecule has 0 aliphatic carbocycles. The predicted octanol–water partition coefficient (Wildman–Crippen LogP) is 5.01. The van der Waals surface area contributed by atoms with Gasteiger partial charge in [-0.15, -0.1) is 0 Å². The molecule has 0 atom stereocenters. The number of alkyl halides is 2. The third-order valence-corrected chi connectivity index (χ3v) is 7.67. The number of hydrogen-bond donors (Lipinski definition) is 0.